The lowest BCUT2D eigenvalue weighted by atomic mass is 9.73. The van der Waals surface area contributed by atoms with Gasteiger partial charge in [0.1, 0.15) is 11.4 Å². The van der Waals surface area contributed by atoms with E-state index in [9.17, 15) is 4.79 Å². The zero-order valence-electron chi connectivity index (χ0n) is 34.1. The lowest BCUT2D eigenvalue weighted by Gasteiger charge is -2.58. The predicted molar refractivity (Wildman–Crippen MR) is 237 cm³/mol. The van der Waals surface area contributed by atoms with Crippen molar-refractivity contribution in [2.75, 3.05) is 52.8 Å². The molecular weight excluding hydrogens is 729 g/mol. The Labute approximate surface area is 349 Å². The summed E-state index contributed by atoms with van der Waals surface area (Å²) >= 11 is 0. The van der Waals surface area contributed by atoms with Gasteiger partial charge < -0.3 is 24.6 Å². The fourth-order valence-electron chi connectivity index (χ4n) is 8.85. The number of ether oxygens (including phenoxy) is 2. The fourth-order valence-corrected chi connectivity index (χ4v) is 8.85. The zero-order chi connectivity index (χ0) is 40.6. The summed E-state index contributed by atoms with van der Waals surface area (Å²) in [6.45, 7) is 2.56. The number of anilines is 1. The predicted octanol–water partition coefficient (Wildman–Crippen LogP) is 9.11. The van der Waals surface area contributed by atoms with Gasteiger partial charge in [0.05, 0.1) is 13.7 Å². The van der Waals surface area contributed by atoms with Crippen LogP contribution in [0.3, 0.4) is 0 Å². The van der Waals surface area contributed by atoms with E-state index in [1.165, 1.54) is 5.56 Å². The molecule has 2 aliphatic rings. The van der Waals surface area contributed by atoms with E-state index in [0.717, 1.165) is 52.2 Å². The van der Waals surface area contributed by atoms with Crippen molar-refractivity contribution in [3.05, 3.63) is 203 Å². The normalized spacial score (nSPS) is 19.3. The van der Waals surface area contributed by atoms with Crippen LogP contribution in [0, 0.1) is 11.8 Å². The first-order valence-corrected chi connectivity index (χ1v) is 20.5. The van der Waals surface area contributed by atoms with Crippen LogP contribution in [-0.2, 0) is 10.3 Å². The molecule has 0 spiro atoms. The van der Waals surface area contributed by atoms with Crippen LogP contribution in [-0.4, -0.2) is 86.3 Å². The quantitative estimate of drug-likeness (QED) is 0.111. The number of rotatable bonds is 10. The molecule has 2 aliphatic heterocycles. The molecule has 6 aromatic rings. The van der Waals surface area contributed by atoms with Crippen molar-refractivity contribution in [1.82, 2.24) is 14.7 Å². The zero-order valence-corrected chi connectivity index (χ0v) is 34.1. The Bertz CT molecular complexity index is 2230. The van der Waals surface area contributed by atoms with Gasteiger partial charge in [0, 0.05) is 60.5 Å². The molecule has 298 valence electrons. The topological polar surface area (TPSA) is 57.3 Å². The molecule has 2 heterocycles. The summed E-state index contributed by atoms with van der Waals surface area (Å²) in [5.74, 6) is 7.51. The first-order valence-electron chi connectivity index (χ1n) is 20.5. The number of benzene rings is 6. The maximum absolute atomic E-state index is 14.2. The van der Waals surface area contributed by atoms with E-state index >= 15 is 0 Å². The van der Waals surface area contributed by atoms with Gasteiger partial charge in [-0.15, -0.1) is 0 Å². The number of hydrogen-bond donors (Lipinski definition) is 1. The third kappa shape index (κ3) is 8.67. The summed E-state index contributed by atoms with van der Waals surface area (Å²) in [5, 5.41) is 3.18. The average molecular weight is 781 g/mol. The molecule has 2 fully saturated rings. The number of urea groups is 1. The highest BCUT2D eigenvalue weighted by Crippen LogP contribution is 2.46. The van der Waals surface area contributed by atoms with Crippen LogP contribution in [0.25, 0.3) is 0 Å². The smallest absolute Gasteiger partial charge is 0.321 e. The Kier molecular flexibility index (Phi) is 12.2. The Morgan fingerprint density at radius 3 is 1.75 bits per heavy atom. The van der Waals surface area contributed by atoms with E-state index in [2.05, 4.69) is 156 Å². The number of methoxy groups -OCH3 is 1. The van der Waals surface area contributed by atoms with Gasteiger partial charge in [-0.1, -0.05) is 133 Å². The molecule has 0 aliphatic carbocycles. The molecule has 0 saturated carbocycles. The van der Waals surface area contributed by atoms with Crippen LogP contribution < -0.4 is 10.1 Å². The van der Waals surface area contributed by atoms with Crippen molar-refractivity contribution in [1.29, 1.82) is 0 Å². The third-order valence-electron chi connectivity index (χ3n) is 12.0. The van der Waals surface area contributed by atoms with E-state index in [4.69, 9.17) is 9.47 Å². The Morgan fingerprint density at radius 1 is 0.695 bits per heavy atom. The highest BCUT2D eigenvalue weighted by molar-refractivity contribution is 5.89. The highest BCUT2D eigenvalue weighted by atomic mass is 16.5. The number of likely N-dealkylation sites (N-methyl/N-ethyl adjacent to an activating group) is 1. The molecule has 59 heavy (non-hydrogen) atoms. The van der Waals surface area contributed by atoms with E-state index in [-0.39, 0.29) is 30.1 Å². The molecule has 6 aromatic carbocycles. The lowest BCUT2D eigenvalue weighted by molar-refractivity contribution is -0.105. The van der Waals surface area contributed by atoms with Crippen molar-refractivity contribution in [3.63, 3.8) is 0 Å². The van der Waals surface area contributed by atoms with Gasteiger partial charge in [-0.2, -0.15) is 0 Å². The molecule has 8 rings (SSSR count). The Morgan fingerprint density at radius 2 is 1.22 bits per heavy atom. The summed E-state index contributed by atoms with van der Waals surface area (Å²) in [7, 11) is 5.86. The second-order valence-electron chi connectivity index (χ2n) is 15.7. The van der Waals surface area contributed by atoms with Gasteiger partial charge >= 0.3 is 6.03 Å². The van der Waals surface area contributed by atoms with Gasteiger partial charge in [0.25, 0.3) is 0 Å². The number of nitrogens with one attached hydrogen (secondary N) is 1. The molecule has 0 radical (unpaired) electrons. The van der Waals surface area contributed by atoms with Crippen molar-refractivity contribution in [2.24, 2.45) is 0 Å². The van der Waals surface area contributed by atoms with Gasteiger partial charge in [-0.05, 0) is 91.3 Å². The molecule has 2 saturated heterocycles. The molecule has 7 nitrogen and oxygen atoms in total. The SMILES string of the molecule is COc1ccc(NC(=O)N2C[C@@H](N(C)C)CCN3[C@H](COC(c4ccccc4)(c4ccccc4)c4ccccc4)[C@H](c4ccc(C#Cc5ccccc5)cc4)[C@@H]3C2)cc1. The van der Waals surface area contributed by atoms with Crippen LogP contribution in [0.4, 0.5) is 10.5 Å². The standard InChI is InChI=1S/C52H52N4O3/c1-54(2)46-34-35-56-48(37-55(36-46)51(57)53-45-30-32-47(58-3)33-31-45)50(41-28-26-40(27-29-41)25-24-39-16-8-4-9-17-39)49(56)38-59-52(42-18-10-5-11-19-42,43-20-12-6-13-21-43)44-22-14-7-15-23-44/h4-23,26-33,46,48-50H,34-38H2,1-3H3,(H,53,57)/t46-,48-,49+,50+/m0/s1. The van der Waals surface area contributed by atoms with Crippen LogP contribution in [0.5, 0.6) is 5.75 Å². The minimum atomic E-state index is -0.852. The van der Waals surface area contributed by atoms with Crippen LogP contribution in [0.15, 0.2) is 170 Å². The van der Waals surface area contributed by atoms with Crippen molar-refractivity contribution < 1.29 is 14.3 Å². The Hall–Kier alpha value is -6.17. The molecule has 0 unspecified atom stereocenters. The maximum Gasteiger partial charge on any atom is 0.321 e. The second-order valence-corrected chi connectivity index (χ2v) is 15.7. The van der Waals surface area contributed by atoms with Gasteiger partial charge in [-0.3, -0.25) is 4.90 Å². The summed E-state index contributed by atoms with van der Waals surface area (Å²) in [6.07, 6.45) is 0.911. The molecule has 4 atom stereocenters. The van der Waals surface area contributed by atoms with Crippen molar-refractivity contribution in [2.45, 2.75) is 36.1 Å². The highest BCUT2D eigenvalue weighted by Gasteiger charge is 2.52. The van der Waals surface area contributed by atoms with Crippen LogP contribution in [0.2, 0.25) is 0 Å². The summed E-state index contributed by atoms with van der Waals surface area (Å²) in [6, 6.07) is 58.3. The average Bonchev–Trinajstić information content (AvgIpc) is 3.28. The summed E-state index contributed by atoms with van der Waals surface area (Å²) in [4.78, 5) is 21.1. The summed E-state index contributed by atoms with van der Waals surface area (Å²) < 4.78 is 12.9. The molecule has 0 bridgehead atoms. The van der Waals surface area contributed by atoms with Crippen molar-refractivity contribution >= 4 is 11.7 Å². The van der Waals surface area contributed by atoms with E-state index < -0.39 is 5.60 Å². The molecular formula is C52H52N4O3. The van der Waals surface area contributed by atoms with E-state index in [0.29, 0.717) is 19.7 Å². The van der Waals surface area contributed by atoms with Gasteiger partial charge in [0.15, 0.2) is 0 Å². The van der Waals surface area contributed by atoms with Crippen LogP contribution in [0.1, 0.15) is 45.7 Å². The first kappa shape index (κ1) is 39.6. The number of carbonyl (C=O) groups is 1. The molecule has 2 amide bonds. The third-order valence-corrected chi connectivity index (χ3v) is 12.0. The molecule has 0 aromatic heterocycles. The van der Waals surface area contributed by atoms with Crippen LogP contribution >= 0.6 is 0 Å². The van der Waals surface area contributed by atoms with Crippen molar-refractivity contribution in [3.8, 4) is 17.6 Å². The minimum absolute atomic E-state index is 0.0455. The Balaban J connectivity index is 1.16. The number of hydrogen-bond acceptors (Lipinski definition) is 5. The number of fused-ring (bicyclic) bond motifs is 1. The second kappa shape index (κ2) is 18.2. The summed E-state index contributed by atoms with van der Waals surface area (Å²) in [5.41, 5.74) is 6.28. The van der Waals surface area contributed by atoms with E-state index in [1.807, 2.05) is 59.5 Å². The largest absolute Gasteiger partial charge is 0.497 e. The monoisotopic (exact) mass is 780 g/mol. The number of amides is 2. The number of nitrogens with zero attached hydrogens (tertiary/aromatic N) is 3. The van der Waals surface area contributed by atoms with E-state index in [1.54, 1.807) is 7.11 Å². The van der Waals surface area contributed by atoms with Gasteiger partial charge in [-0.25, -0.2) is 4.79 Å². The first-order chi connectivity index (χ1) is 28.9. The molecule has 7 heteroatoms. The number of carbonyl (C=O) groups excluding carboxylic acids is 1. The van der Waals surface area contributed by atoms with Gasteiger partial charge in [0.2, 0.25) is 0 Å². The fraction of sp³-hybridized carbons (Fsp3) is 0.250. The maximum atomic E-state index is 14.2. The molecule has 1 N–H and O–H groups in total. The lowest BCUT2D eigenvalue weighted by Crippen LogP contribution is -2.69. The minimum Gasteiger partial charge on any atom is -0.497 e.